The van der Waals surface area contributed by atoms with Crippen LogP contribution >= 0.6 is 11.6 Å². The van der Waals surface area contributed by atoms with Gasteiger partial charge in [0, 0.05) is 23.8 Å². The summed E-state index contributed by atoms with van der Waals surface area (Å²) in [5.41, 5.74) is -0.249. The van der Waals surface area contributed by atoms with E-state index in [1.165, 1.54) is 31.2 Å². The first kappa shape index (κ1) is 24.6. The molecule has 0 aliphatic carbocycles. The molecule has 0 bridgehead atoms. The number of alkyl halides is 3. The van der Waals surface area contributed by atoms with E-state index in [1.807, 2.05) is 0 Å². The molecule has 1 N–H and O–H groups in total. The summed E-state index contributed by atoms with van der Waals surface area (Å²) in [6.07, 6.45) is -6.39. The van der Waals surface area contributed by atoms with Crippen LogP contribution in [0.15, 0.2) is 42.5 Å². The zero-order valence-electron chi connectivity index (χ0n) is 18.5. The molecule has 11 heteroatoms. The number of halogens is 4. The number of hydrogen-bond donors (Lipinski definition) is 1. The standard InChI is InChI=1S/C24H19ClF3NO6/c1-3-33-20-14-6-4-5-7-15(14)21(34-11-24(26,27)28)19-18(20)22(31)29(23(19)32)17-9-8-13(10-16(17)25)35-12(2)30/h4-10,23,32H,3,11H2,1-2H3. The fourth-order valence-corrected chi connectivity index (χ4v) is 4.23. The molecule has 35 heavy (non-hydrogen) atoms. The van der Waals surface area contributed by atoms with Crippen molar-refractivity contribution in [3.05, 3.63) is 58.6 Å². The van der Waals surface area contributed by atoms with Gasteiger partial charge < -0.3 is 19.3 Å². The summed E-state index contributed by atoms with van der Waals surface area (Å²) in [6.45, 7) is 1.42. The molecule has 0 saturated heterocycles. The fourth-order valence-electron chi connectivity index (χ4n) is 3.97. The van der Waals surface area contributed by atoms with Gasteiger partial charge in [-0.15, -0.1) is 0 Å². The van der Waals surface area contributed by atoms with E-state index >= 15 is 0 Å². The first-order chi connectivity index (χ1) is 16.5. The highest BCUT2D eigenvalue weighted by atomic mass is 35.5. The maximum atomic E-state index is 13.6. The normalized spacial score (nSPS) is 15.3. The number of esters is 1. The van der Waals surface area contributed by atoms with Crippen LogP contribution in [-0.4, -0.2) is 36.4 Å². The first-order valence-corrected chi connectivity index (χ1v) is 10.8. The lowest BCUT2D eigenvalue weighted by molar-refractivity contribution is -0.153. The first-order valence-electron chi connectivity index (χ1n) is 10.4. The van der Waals surface area contributed by atoms with Crippen molar-refractivity contribution in [2.75, 3.05) is 18.1 Å². The van der Waals surface area contributed by atoms with Gasteiger partial charge in [-0.05, 0) is 19.1 Å². The third-order valence-electron chi connectivity index (χ3n) is 5.20. The van der Waals surface area contributed by atoms with Crippen molar-refractivity contribution in [2.24, 2.45) is 0 Å². The SMILES string of the molecule is CCOc1c2c(c(OCC(F)(F)F)c3ccccc13)C(O)N(c1ccc(OC(C)=O)cc1Cl)C2=O. The third kappa shape index (κ3) is 4.59. The summed E-state index contributed by atoms with van der Waals surface area (Å²) < 4.78 is 55.0. The van der Waals surface area contributed by atoms with Gasteiger partial charge in [0.25, 0.3) is 5.91 Å². The Labute approximate surface area is 202 Å². The monoisotopic (exact) mass is 509 g/mol. The van der Waals surface area contributed by atoms with Gasteiger partial charge in [0.05, 0.1) is 28.4 Å². The second-order valence-corrected chi connectivity index (χ2v) is 7.99. The Hall–Kier alpha value is -3.50. The van der Waals surface area contributed by atoms with Crippen molar-refractivity contribution < 1.29 is 42.1 Å². The van der Waals surface area contributed by atoms with E-state index in [2.05, 4.69) is 0 Å². The van der Waals surface area contributed by atoms with Crippen LogP contribution in [0.4, 0.5) is 18.9 Å². The van der Waals surface area contributed by atoms with Crippen LogP contribution in [0.5, 0.6) is 17.2 Å². The van der Waals surface area contributed by atoms with Crippen LogP contribution in [-0.2, 0) is 4.79 Å². The number of aliphatic hydroxyl groups excluding tert-OH is 1. The molecule has 0 radical (unpaired) electrons. The van der Waals surface area contributed by atoms with Crippen molar-refractivity contribution >= 4 is 39.9 Å². The van der Waals surface area contributed by atoms with Gasteiger partial charge in [-0.3, -0.25) is 14.5 Å². The second-order valence-electron chi connectivity index (χ2n) is 7.59. The minimum Gasteiger partial charge on any atom is -0.492 e. The molecule has 184 valence electrons. The Kier molecular flexibility index (Phi) is 6.52. The molecule has 1 aliphatic rings. The maximum Gasteiger partial charge on any atom is 0.422 e. The topological polar surface area (TPSA) is 85.3 Å². The molecule has 1 unspecified atom stereocenters. The molecule has 1 atom stereocenters. The molecule has 0 aromatic heterocycles. The largest absolute Gasteiger partial charge is 0.492 e. The molecule has 3 aromatic carbocycles. The number of hydrogen-bond acceptors (Lipinski definition) is 6. The highest BCUT2D eigenvalue weighted by Crippen LogP contribution is 2.51. The number of carbonyl (C=O) groups is 2. The Balaban J connectivity index is 1.92. The number of carbonyl (C=O) groups excluding carboxylic acids is 2. The van der Waals surface area contributed by atoms with Crippen LogP contribution in [0.2, 0.25) is 5.02 Å². The quantitative estimate of drug-likeness (QED) is 0.353. The van der Waals surface area contributed by atoms with E-state index in [0.29, 0.717) is 5.39 Å². The minimum atomic E-state index is -4.66. The summed E-state index contributed by atoms with van der Waals surface area (Å²) in [5, 5.41) is 11.8. The van der Waals surface area contributed by atoms with Gasteiger partial charge in [-0.2, -0.15) is 13.2 Å². The number of rotatable bonds is 6. The molecule has 7 nitrogen and oxygen atoms in total. The highest BCUT2D eigenvalue weighted by Gasteiger charge is 2.44. The van der Waals surface area contributed by atoms with Crippen molar-refractivity contribution in [3.8, 4) is 17.2 Å². The van der Waals surface area contributed by atoms with E-state index in [4.69, 9.17) is 25.8 Å². The number of amides is 1. The number of benzene rings is 3. The molecule has 1 aliphatic heterocycles. The minimum absolute atomic E-state index is 0.0377. The second kappa shape index (κ2) is 9.27. The Morgan fingerprint density at radius 1 is 1.11 bits per heavy atom. The Morgan fingerprint density at radius 3 is 2.34 bits per heavy atom. The molecule has 1 heterocycles. The predicted molar refractivity (Wildman–Crippen MR) is 121 cm³/mol. The molecular weight excluding hydrogens is 491 g/mol. The lowest BCUT2D eigenvalue weighted by Gasteiger charge is -2.23. The number of fused-ring (bicyclic) bond motifs is 2. The van der Waals surface area contributed by atoms with Crippen molar-refractivity contribution in [1.82, 2.24) is 0 Å². The zero-order chi connectivity index (χ0) is 25.5. The van der Waals surface area contributed by atoms with Crippen LogP contribution in [0.3, 0.4) is 0 Å². The van der Waals surface area contributed by atoms with E-state index < -0.39 is 30.9 Å². The Bertz CT molecular complexity index is 1330. The maximum absolute atomic E-state index is 13.6. The average molecular weight is 510 g/mol. The van der Waals surface area contributed by atoms with E-state index in [0.717, 1.165) is 4.90 Å². The molecule has 0 saturated carbocycles. The molecular formula is C24H19ClF3NO6. The van der Waals surface area contributed by atoms with Gasteiger partial charge in [0.2, 0.25) is 0 Å². The average Bonchev–Trinajstić information content (AvgIpc) is 3.03. The zero-order valence-corrected chi connectivity index (χ0v) is 19.2. The number of nitrogens with zero attached hydrogens (tertiary/aromatic N) is 1. The molecule has 1 amide bonds. The van der Waals surface area contributed by atoms with Gasteiger partial charge >= 0.3 is 12.1 Å². The molecule has 0 fully saturated rings. The van der Waals surface area contributed by atoms with Crippen LogP contribution in [0.25, 0.3) is 10.8 Å². The van der Waals surface area contributed by atoms with Gasteiger partial charge in [0.1, 0.15) is 17.2 Å². The summed E-state index contributed by atoms with van der Waals surface area (Å²) in [5.74, 6) is -1.40. The predicted octanol–water partition coefficient (Wildman–Crippen LogP) is 5.41. The van der Waals surface area contributed by atoms with E-state index in [-0.39, 0.29) is 51.1 Å². The van der Waals surface area contributed by atoms with Gasteiger partial charge in [-0.25, -0.2) is 0 Å². The van der Waals surface area contributed by atoms with Crippen molar-refractivity contribution in [3.63, 3.8) is 0 Å². The molecule has 3 aromatic rings. The smallest absolute Gasteiger partial charge is 0.422 e. The van der Waals surface area contributed by atoms with Crippen LogP contribution in [0.1, 0.15) is 36.0 Å². The number of ether oxygens (including phenoxy) is 3. The van der Waals surface area contributed by atoms with E-state index in [9.17, 15) is 27.9 Å². The lowest BCUT2D eigenvalue weighted by Crippen LogP contribution is -2.28. The summed E-state index contributed by atoms with van der Waals surface area (Å²) in [7, 11) is 0. The fraction of sp³-hybridized carbons (Fsp3) is 0.250. The van der Waals surface area contributed by atoms with Crippen molar-refractivity contribution in [1.29, 1.82) is 0 Å². The lowest BCUT2D eigenvalue weighted by atomic mass is 9.98. The Morgan fingerprint density at radius 2 is 1.77 bits per heavy atom. The van der Waals surface area contributed by atoms with Crippen LogP contribution < -0.4 is 19.1 Å². The van der Waals surface area contributed by atoms with E-state index in [1.54, 1.807) is 25.1 Å². The van der Waals surface area contributed by atoms with Gasteiger partial charge in [0.15, 0.2) is 12.8 Å². The van der Waals surface area contributed by atoms with Crippen LogP contribution in [0, 0.1) is 0 Å². The molecule has 0 spiro atoms. The number of aliphatic hydroxyl groups is 1. The summed E-state index contributed by atoms with van der Waals surface area (Å²) in [4.78, 5) is 25.7. The number of anilines is 1. The summed E-state index contributed by atoms with van der Waals surface area (Å²) >= 11 is 6.33. The summed E-state index contributed by atoms with van der Waals surface area (Å²) in [6, 6.07) is 10.3. The van der Waals surface area contributed by atoms with Crippen molar-refractivity contribution in [2.45, 2.75) is 26.3 Å². The third-order valence-corrected chi connectivity index (χ3v) is 5.50. The highest BCUT2D eigenvalue weighted by molar-refractivity contribution is 6.34. The van der Waals surface area contributed by atoms with Gasteiger partial charge in [-0.1, -0.05) is 35.9 Å². The molecule has 4 rings (SSSR count).